The molecule has 0 aliphatic rings. The van der Waals surface area contributed by atoms with E-state index in [0.717, 1.165) is 10.2 Å². The largest absolute Gasteiger partial charge is 0.497 e. The van der Waals surface area contributed by atoms with Gasteiger partial charge >= 0.3 is 11.9 Å². The number of aryl methyl sites for hydroxylation is 1. The van der Waals surface area contributed by atoms with Gasteiger partial charge in [-0.3, -0.25) is 9.59 Å². The number of esters is 1. The third-order valence-corrected chi connectivity index (χ3v) is 4.56. The van der Waals surface area contributed by atoms with Crippen molar-refractivity contribution in [3.8, 4) is 5.75 Å². The maximum absolute atomic E-state index is 12.3. The highest BCUT2D eigenvalue weighted by Crippen LogP contribution is 2.23. The first kappa shape index (κ1) is 17.9. The van der Waals surface area contributed by atoms with Crippen molar-refractivity contribution in [2.24, 2.45) is 4.99 Å². The highest BCUT2D eigenvalue weighted by atomic mass is 32.1. The Morgan fingerprint density at radius 1 is 1.35 bits per heavy atom. The zero-order valence-electron chi connectivity index (χ0n) is 14.5. The Morgan fingerprint density at radius 2 is 2.15 bits per heavy atom. The Morgan fingerprint density at radius 3 is 2.81 bits per heavy atom. The van der Waals surface area contributed by atoms with Crippen LogP contribution in [0.1, 0.15) is 23.2 Å². The number of amides is 1. The molecule has 0 N–H and O–H groups in total. The predicted octanol–water partition coefficient (Wildman–Crippen LogP) is 2.31. The molecule has 9 heteroatoms. The van der Waals surface area contributed by atoms with Gasteiger partial charge in [-0.15, -0.1) is 0 Å². The summed E-state index contributed by atoms with van der Waals surface area (Å²) in [6.45, 7) is 3.67. The van der Waals surface area contributed by atoms with Crippen molar-refractivity contribution in [3.63, 3.8) is 0 Å². The van der Waals surface area contributed by atoms with E-state index in [-0.39, 0.29) is 18.9 Å². The third-order valence-electron chi connectivity index (χ3n) is 3.52. The second kappa shape index (κ2) is 7.52. The summed E-state index contributed by atoms with van der Waals surface area (Å²) in [5, 5.41) is 3.69. The molecule has 3 rings (SSSR count). The van der Waals surface area contributed by atoms with Crippen LogP contribution in [0.2, 0.25) is 0 Å². The van der Waals surface area contributed by atoms with Crippen molar-refractivity contribution in [3.05, 3.63) is 40.5 Å². The van der Waals surface area contributed by atoms with Gasteiger partial charge in [0, 0.05) is 6.07 Å². The highest BCUT2D eigenvalue weighted by molar-refractivity contribution is 7.16. The summed E-state index contributed by atoms with van der Waals surface area (Å²) in [6.07, 6.45) is 0. The Balaban J connectivity index is 2.10. The van der Waals surface area contributed by atoms with Crippen molar-refractivity contribution in [2.75, 3.05) is 13.7 Å². The van der Waals surface area contributed by atoms with Crippen LogP contribution in [-0.4, -0.2) is 35.3 Å². The number of benzene rings is 1. The Bertz CT molecular complexity index is 1030. The maximum atomic E-state index is 12.3. The molecule has 0 saturated heterocycles. The summed E-state index contributed by atoms with van der Waals surface area (Å²) < 4.78 is 17.7. The molecule has 26 heavy (non-hydrogen) atoms. The first-order valence-corrected chi connectivity index (χ1v) is 8.69. The second-order valence-electron chi connectivity index (χ2n) is 5.36. The molecule has 2 aromatic heterocycles. The number of carbonyl (C=O) groups is 2. The van der Waals surface area contributed by atoms with Gasteiger partial charge in [0.2, 0.25) is 5.76 Å². The molecule has 0 atom stereocenters. The number of rotatable bonds is 5. The lowest BCUT2D eigenvalue weighted by Crippen LogP contribution is -2.23. The average Bonchev–Trinajstić information content (AvgIpc) is 3.19. The molecule has 0 radical (unpaired) electrons. The van der Waals surface area contributed by atoms with E-state index in [9.17, 15) is 9.59 Å². The first-order chi connectivity index (χ1) is 12.5. The lowest BCUT2D eigenvalue weighted by Gasteiger charge is -2.05. The van der Waals surface area contributed by atoms with Crippen molar-refractivity contribution in [1.82, 2.24) is 9.72 Å². The molecule has 0 spiro atoms. The molecular formula is C17H17N3O5S. The molecular weight excluding hydrogens is 358 g/mol. The summed E-state index contributed by atoms with van der Waals surface area (Å²) in [5.41, 5.74) is 1.34. The normalized spacial score (nSPS) is 11.7. The quantitative estimate of drug-likeness (QED) is 0.635. The van der Waals surface area contributed by atoms with E-state index in [1.54, 1.807) is 31.6 Å². The van der Waals surface area contributed by atoms with Crippen molar-refractivity contribution >= 4 is 33.4 Å². The van der Waals surface area contributed by atoms with Crippen LogP contribution >= 0.6 is 11.3 Å². The minimum absolute atomic E-state index is 0.0419. The maximum Gasteiger partial charge on any atom is 0.326 e. The molecule has 0 aliphatic carbocycles. The predicted molar refractivity (Wildman–Crippen MR) is 94.1 cm³/mol. The fraction of sp³-hybridized carbons (Fsp3) is 0.294. The molecule has 3 aromatic rings. The fourth-order valence-electron chi connectivity index (χ4n) is 2.36. The summed E-state index contributed by atoms with van der Waals surface area (Å²) in [7, 11) is 1.57. The number of thiazole rings is 1. The van der Waals surface area contributed by atoms with E-state index < -0.39 is 11.9 Å². The van der Waals surface area contributed by atoms with Gasteiger partial charge in [0.15, 0.2) is 4.80 Å². The molecule has 0 unspecified atom stereocenters. The van der Waals surface area contributed by atoms with Gasteiger partial charge in [0.1, 0.15) is 12.3 Å². The van der Waals surface area contributed by atoms with E-state index in [2.05, 4.69) is 10.1 Å². The number of methoxy groups -OCH3 is 1. The molecule has 0 saturated carbocycles. The standard InChI is InChI=1S/C17H17N3O5S/c1-4-24-15(21)9-20-12-6-5-11(23-3)8-14(12)26-17(20)18-16(22)13-7-10(2)19-25-13/h5-8H,4,9H2,1-3H3. The average molecular weight is 375 g/mol. The van der Waals surface area contributed by atoms with Gasteiger partial charge in [0.25, 0.3) is 0 Å². The van der Waals surface area contributed by atoms with Gasteiger partial charge < -0.3 is 18.6 Å². The van der Waals surface area contributed by atoms with Crippen LogP contribution < -0.4 is 9.54 Å². The molecule has 1 amide bonds. The van der Waals surface area contributed by atoms with Crippen LogP contribution in [0.5, 0.6) is 5.75 Å². The number of carbonyl (C=O) groups excluding carboxylic acids is 2. The van der Waals surface area contributed by atoms with E-state index >= 15 is 0 Å². The molecule has 136 valence electrons. The lowest BCUT2D eigenvalue weighted by molar-refractivity contribution is -0.143. The van der Waals surface area contributed by atoms with Crippen LogP contribution in [-0.2, 0) is 16.1 Å². The van der Waals surface area contributed by atoms with E-state index in [0.29, 0.717) is 16.2 Å². The topological polar surface area (TPSA) is 95.9 Å². The fourth-order valence-corrected chi connectivity index (χ4v) is 3.42. The van der Waals surface area contributed by atoms with Crippen molar-refractivity contribution in [1.29, 1.82) is 0 Å². The highest BCUT2D eigenvalue weighted by Gasteiger charge is 2.15. The third kappa shape index (κ3) is 3.67. The molecule has 1 aromatic carbocycles. The number of hydrogen-bond acceptors (Lipinski definition) is 7. The number of ether oxygens (including phenoxy) is 2. The van der Waals surface area contributed by atoms with Crippen LogP contribution in [0.3, 0.4) is 0 Å². The molecule has 0 fully saturated rings. The molecule has 0 aliphatic heterocycles. The van der Waals surface area contributed by atoms with E-state index in [1.165, 1.54) is 17.4 Å². The van der Waals surface area contributed by atoms with Crippen LogP contribution in [0.15, 0.2) is 33.8 Å². The Hall–Kier alpha value is -2.94. The summed E-state index contributed by atoms with van der Waals surface area (Å²) in [4.78, 5) is 28.8. The van der Waals surface area contributed by atoms with Gasteiger partial charge in [-0.05, 0) is 32.0 Å². The van der Waals surface area contributed by atoms with Crippen molar-refractivity contribution in [2.45, 2.75) is 20.4 Å². The second-order valence-corrected chi connectivity index (χ2v) is 6.37. The van der Waals surface area contributed by atoms with Crippen LogP contribution in [0.4, 0.5) is 0 Å². The number of hydrogen-bond donors (Lipinski definition) is 0. The van der Waals surface area contributed by atoms with E-state index in [4.69, 9.17) is 14.0 Å². The summed E-state index contributed by atoms with van der Waals surface area (Å²) >= 11 is 1.27. The zero-order chi connectivity index (χ0) is 18.7. The van der Waals surface area contributed by atoms with Gasteiger partial charge in [-0.1, -0.05) is 16.5 Å². The molecule has 2 heterocycles. The zero-order valence-corrected chi connectivity index (χ0v) is 15.3. The van der Waals surface area contributed by atoms with Crippen molar-refractivity contribution < 1.29 is 23.6 Å². The molecule has 8 nitrogen and oxygen atoms in total. The lowest BCUT2D eigenvalue weighted by atomic mass is 10.3. The Kier molecular flexibility index (Phi) is 5.17. The minimum Gasteiger partial charge on any atom is -0.497 e. The summed E-state index contributed by atoms with van der Waals surface area (Å²) in [6, 6.07) is 6.93. The first-order valence-electron chi connectivity index (χ1n) is 7.87. The summed E-state index contributed by atoms with van der Waals surface area (Å²) in [5.74, 6) is -0.264. The number of nitrogens with zero attached hydrogens (tertiary/aromatic N) is 3. The monoisotopic (exact) mass is 375 g/mol. The minimum atomic E-state index is -0.568. The molecule has 0 bridgehead atoms. The van der Waals surface area contributed by atoms with Gasteiger partial charge in [-0.25, -0.2) is 0 Å². The van der Waals surface area contributed by atoms with Crippen LogP contribution in [0, 0.1) is 6.92 Å². The SMILES string of the molecule is CCOC(=O)Cn1c(=NC(=O)c2cc(C)no2)sc2cc(OC)ccc21. The smallest absolute Gasteiger partial charge is 0.326 e. The van der Waals surface area contributed by atoms with E-state index in [1.807, 2.05) is 12.1 Å². The van der Waals surface area contributed by atoms with Crippen LogP contribution in [0.25, 0.3) is 10.2 Å². The Labute approximate surface area is 152 Å². The number of aromatic nitrogens is 2. The number of fused-ring (bicyclic) bond motifs is 1. The van der Waals surface area contributed by atoms with Gasteiger partial charge in [0.05, 0.1) is 29.6 Å². The van der Waals surface area contributed by atoms with Gasteiger partial charge in [-0.2, -0.15) is 4.99 Å².